The highest BCUT2D eigenvalue weighted by atomic mass is 32.1. The SMILES string of the molecule is C[Si](C)(C)c1ccc(C(c2ccc(-c3ccc4sc5cccc(-c6nc(-c7ccccc7)nc(-c7ccccc7)n6)c5c4c3)cc2)(c2ccc([Si](C)(C)C)cc2)c2ccc([Si](C)(C)Cc3cccc4c3oc3cc(-c5nc(-c6ccccc6)nc(-c6cccc7sc8ccc(-c9ccc(-c%10ccccc%10)cc9)cc8c67)n5)ccc34)cc2)cc1. The molecule has 12 heteroatoms. The van der Waals surface area contributed by atoms with Gasteiger partial charge in [-0.05, 0) is 116 Å². The van der Waals surface area contributed by atoms with Gasteiger partial charge in [0.2, 0.25) is 0 Å². The fraction of sp³-hybridized carbons (Fsp3) is 0.0943. The monoisotopic (exact) mass is 1600 g/mol. The molecule has 118 heavy (non-hydrogen) atoms. The standard InChI is InChI=1S/C106H84N6OS2Si3/c1-116(2,3)83-55-49-80(50-56-83)106(81-51-57-84(58-52-81)117(4,5)6,79-47-42-71(43-48-79)76-46-63-94-91(65-76)97-88(34-22-36-95(97)115-94)104-109-100(72-26-15-10-16-27-72)107-101(110-104)73-28-17-11-18-29-73)82-53-59-85(60-54-82)118(7,8)67-78-32-21-33-87-86-61-44-77(66-92(86)113-99(78)87)103-108-102(74-30-19-12-20-31-74)111-105(112-103)89-35-23-37-96-98(89)90-64-75(45-62-93(90)114-96)70-40-38-69(39-41-70)68-24-13-9-14-25-68/h9-66H,67H2,1-8H3. The maximum atomic E-state index is 7.17. The zero-order valence-corrected chi connectivity index (χ0v) is 71.7. The zero-order chi connectivity index (χ0) is 80.0. The van der Waals surface area contributed by atoms with Crippen LogP contribution in [0.1, 0.15) is 27.8 Å². The van der Waals surface area contributed by atoms with Crippen LogP contribution in [0.15, 0.2) is 356 Å². The minimum absolute atomic E-state index is 0.581. The number of fused-ring (bicyclic) bond motifs is 9. The van der Waals surface area contributed by atoms with Gasteiger partial charge in [-0.25, -0.2) is 29.9 Å². The summed E-state index contributed by atoms with van der Waals surface area (Å²) in [7, 11) is -5.66. The first-order valence-electron chi connectivity index (χ1n) is 40.6. The van der Waals surface area contributed by atoms with Crippen molar-refractivity contribution in [3.05, 3.63) is 380 Å². The molecular formula is C106H84N6OS2Si3. The van der Waals surface area contributed by atoms with Crippen LogP contribution in [-0.4, -0.2) is 54.1 Å². The minimum atomic E-state index is -2.29. The third-order valence-electron chi connectivity index (χ3n) is 23.8. The molecule has 0 radical (unpaired) electrons. The van der Waals surface area contributed by atoms with E-state index in [1.165, 1.54) is 84.1 Å². The fourth-order valence-electron chi connectivity index (χ4n) is 17.4. The number of aromatic nitrogens is 6. The molecule has 0 N–H and O–H groups in total. The number of hydrogen-bond donors (Lipinski definition) is 0. The van der Waals surface area contributed by atoms with Crippen LogP contribution in [-0.2, 0) is 11.5 Å². The molecule has 0 spiro atoms. The summed E-state index contributed by atoms with van der Waals surface area (Å²) in [6, 6.07) is 130. The predicted octanol–water partition coefficient (Wildman–Crippen LogP) is 26.9. The van der Waals surface area contributed by atoms with Crippen molar-refractivity contribution in [2.75, 3.05) is 0 Å². The van der Waals surface area contributed by atoms with Gasteiger partial charge >= 0.3 is 0 Å². The maximum absolute atomic E-state index is 7.17. The quantitative estimate of drug-likeness (QED) is 0.0624. The van der Waals surface area contributed by atoms with Gasteiger partial charge in [-0.1, -0.05) is 371 Å². The van der Waals surface area contributed by atoms with Gasteiger partial charge < -0.3 is 4.42 Å². The predicted molar refractivity (Wildman–Crippen MR) is 507 cm³/mol. The molecule has 5 heterocycles. The topological polar surface area (TPSA) is 90.5 Å². The Bertz CT molecular complexity index is 7090. The Kier molecular flexibility index (Phi) is 18.7. The van der Waals surface area contributed by atoms with Crippen LogP contribution in [0.25, 0.3) is 164 Å². The van der Waals surface area contributed by atoms with Gasteiger partial charge in [0.05, 0.1) is 29.6 Å². The van der Waals surface area contributed by atoms with Gasteiger partial charge in [-0.2, -0.15) is 0 Å². The van der Waals surface area contributed by atoms with Crippen molar-refractivity contribution in [2.45, 2.75) is 63.8 Å². The van der Waals surface area contributed by atoms with Crippen molar-refractivity contribution in [1.82, 2.24) is 29.9 Å². The van der Waals surface area contributed by atoms with Crippen molar-refractivity contribution >= 4 is 125 Å². The number of nitrogens with zero attached hydrogens (tertiary/aromatic N) is 6. The van der Waals surface area contributed by atoms with Gasteiger partial charge in [0.1, 0.15) is 11.2 Å². The molecule has 0 fully saturated rings. The number of para-hydroxylation sites is 1. The van der Waals surface area contributed by atoms with Crippen LogP contribution in [0.2, 0.25) is 52.4 Å². The van der Waals surface area contributed by atoms with E-state index in [1.807, 2.05) is 65.9 Å². The molecule has 15 aromatic carbocycles. The first-order valence-corrected chi connectivity index (χ1v) is 52.4. The number of hydrogen-bond acceptors (Lipinski definition) is 9. The van der Waals surface area contributed by atoms with E-state index in [9.17, 15) is 0 Å². The summed E-state index contributed by atoms with van der Waals surface area (Å²) in [5, 5.41) is 11.0. The molecule has 0 saturated heterocycles. The van der Waals surface area contributed by atoms with E-state index in [-0.39, 0.29) is 0 Å². The normalized spacial score (nSPS) is 12.3. The number of furan rings is 1. The minimum Gasteiger partial charge on any atom is -0.456 e. The molecule has 0 bridgehead atoms. The van der Waals surface area contributed by atoms with Gasteiger partial charge in [-0.15, -0.1) is 22.7 Å². The maximum Gasteiger partial charge on any atom is 0.164 e. The summed E-state index contributed by atoms with van der Waals surface area (Å²) < 4.78 is 12.0. The Labute approximate surface area is 698 Å². The molecule has 20 aromatic rings. The number of rotatable bonds is 18. The fourth-order valence-corrected chi connectivity index (χ4v) is 24.4. The van der Waals surface area contributed by atoms with E-state index < -0.39 is 29.6 Å². The summed E-state index contributed by atoms with van der Waals surface area (Å²) in [5.41, 5.74) is 19.7. The Morgan fingerprint density at radius 2 is 0.610 bits per heavy atom. The first kappa shape index (κ1) is 74.1. The third kappa shape index (κ3) is 13.6. The molecule has 0 atom stereocenters. The Hall–Kier alpha value is -12.8. The summed E-state index contributed by atoms with van der Waals surface area (Å²) in [5.74, 6) is 3.75. The van der Waals surface area contributed by atoms with Crippen molar-refractivity contribution < 1.29 is 4.42 Å². The lowest BCUT2D eigenvalue weighted by atomic mass is 9.65. The highest BCUT2D eigenvalue weighted by molar-refractivity contribution is 7.26. The lowest BCUT2D eigenvalue weighted by Crippen LogP contribution is -2.44. The molecule has 20 rings (SSSR count). The second kappa shape index (κ2) is 29.7. The van der Waals surface area contributed by atoms with Crippen molar-refractivity contribution in [3.63, 3.8) is 0 Å². The van der Waals surface area contributed by atoms with Crippen molar-refractivity contribution in [3.8, 4) is 102 Å². The summed E-state index contributed by atoms with van der Waals surface area (Å²) in [6.45, 7) is 19.7. The Morgan fingerprint density at radius 3 is 1.04 bits per heavy atom. The van der Waals surface area contributed by atoms with Gasteiger partial charge in [0.25, 0.3) is 0 Å². The summed E-state index contributed by atoms with van der Waals surface area (Å²) >= 11 is 3.61. The van der Waals surface area contributed by atoms with Gasteiger partial charge in [0, 0.05) is 84.5 Å². The van der Waals surface area contributed by atoms with Gasteiger partial charge in [-0.3, -0.25) is 0 Å². The molecular weight excluding hydrogens is 1520 g/mol. The molecule has 7 nitrogen and oxygen atoms in total. The van der Waals surface area contributed by atoms with Crippen LogP contribution in [0, 0.1) is 0 Å². The van der Waals surface area contributed by atoms with Crippen LogP contribution in [0.5, 0.6) is 0 Å². The lowest BCUT2D eigenvalue weighted by Gasteiger charge is -2.38. The Balaban J connectivity index is 0.650. The van der Waals surface area contributed by atoms with E-state index in [0.717, 1.165) is 94.4 Å². The molecule has 568 valence electrons. The van der Waals surface area contributed by atoms with Crippen molar-refractivity contribution in [1.29, 1.82) is 0 Å². The second-order valence-electron chi connectivity index (χ2n) is 33.9. The average molecular weight is 1610 g/mol. The van der Waals surface area contributed by atoms with E-state index in [2.05, 4.69) is 350 Å². The van der Waals surface area contributed by atoms with Crippen LogP contribution < -0.4 is 15.6 Å². The number of benzene rings is 15. The van der Waals surface area contributed by atoms with E-state index in [1.54, 1.807) is 11.3 Å². The molecule has 0 amide bonds. The molecule has 5 aromatic heterocycles. The van der Waals surface area contributed by atoms with Crippen LogP contribution in [0.4, 0.5) is 0 Å². The second-order valence-corrected chi connectivity index (χ2v) is 50.9. The van der Waals surface area contributed by atoms with E-state index in [4.69, 9.17) is 34.3 Å². The van der Waals surface area contributed by atoms with Gasteiger partial charge in [0.15, 0.2) is 34.9 Å². The zero-order valence-electron chi connectivity index (χ0n) is 67.1. The van der Waals surface area contributed by atoms with E-state index in [0.29, 0.717) is 34.9 Å². The lowest BCUT2D eigenvalue weighted by molar-refractivity contribution is 0.665. The Morgan fingerprint density at radius 1 is 0.263 bits per heavy atom. The molecule has 0 aliphatic rings. The molecule has 0 unspecified atom stereocenters. The largest absolute Gasteiger partial charge is 0.456 e. The first-order chi connectivity index (χ1) is 57.4. The molecule has 0 aliphatic carbocycles. The molecule has 0 aliphatic heterocycles. The van der Waals surface area contributed by atoms with Crippen LogP contribution >= 0.6 is 22.7 Å². The molecule has 0 saturated carbocycles. The highest BCUT2D eigenvalue weighted by Gasteiger charge is 2.40. The summed E-state index contributed by atoms with van der Waals surface area (Å²) in [6.07, 6.45) is 0. The highest BCUT2D eigenvalue weighted by Crippen LogP contribution is 2.49. The smallest absolute Gasteiger partial charge is 0.164 e. The van der Waals surface area contributed by atoms with Crippen LogP contribution in [0.3, 0.4) is 0 Å². The number of thiophene rings is 2. The average Bonchev–Trinajstić information content (AvgIpc) is 0.998. The third-order valence-corrected chi connectivity index (χ3v) is 33.3. The van der Waals surface area contributed by atoms with E-state index >= 15 is 0 Å². The summed E-state index contributed by atoms with van der Waals surface area (Å²) in [4.78, 5) is 31.5. The van der Waals surface area contributed by atoms with Crippen molar-refractivity contribution in [2.24, 2.45) is 0 Å².